The lowest BCUT2D eigenvalue weighted by molar-refractivity contribution is -0.150. The van der Waals surface area contributed by atoms with Gasteiger partial charge in [-0.1, -0.05) is 36.4 Å². The number of rotatable bonds is 5. The van der Waals surface area contributed by atoms with Crippen molar-refractivity contribution in [1.82, 2.24) is 19.6 Å². The van der Waals surface area contributed by atoms with E-state index >= 15 is 0 Å². The van der Waals surface area contributed by atoms with Crippen LogP contribution in [0.4, 0.5) is 5.82 Å². The fraction of sp³-hybridized carbons (Fsp3) is 0.296. The standard InChI is InChI=1S/C27H27N5O3/c1-16(33)22-23(18-10-12-27(2,13-11-18)26(34)35)31-25-20(15-30-32(25)24(22)28)19-8-9-21(29-14-19)17-6-4-3-5-7-17/h3-9,14-15,18H,10-13,28H2,1-2H3,(H,34,35). The molecule has 8 heteroatoms. The minimum atomic E-state index is -0.782. The van der Waals surface area contributed by atoms with Crippen molar-refractivity contribution in [3.63, 3.8) is 0 Å². The predicted molar refractivity (Wildman–Crippen MR) is 133 cm³/mol. The summed E-state index contributed by atoms with van der Waals surface area (Å²) in [4.78, 5) is 33.8. The number of Topliss-reactive ketones (excluding diaryl/α,β-unsaturated/α-hetero) is 1. The van der Waals surface area contributed by atoms with E-state index in [9.17, 15) is 14.7 Å². The highest BCUT2D eigenvalue weighted by Crippen LogP contribution is 2.44. The number of nitrogen functional groups attached to an aromatic ring is 1. The predicted octanol–water partition coefficient (Wildman–Crippen LogP) is 4.99. The zero-order chi connectivity index (χ0) is 24.7. The average molecular weight is 470 g/mol. The van der Waals surface area contributed by atoms with Crippen molar-refractivity contribution in [2.75, 3.05) is 5.73 Å². The number of hydrogen-bond acceptors (Lipinski definition) is 6. The van der Waals surface area contributed by atoms with E-state index in [0.717, 1.165) is 22.4 Å². The van der Waals surface area contributed by atoms with E-state index in [4.69, 9.17) is 10.7 Å². The van der Waals surface area contributed by atoms with Crippen molar-refractivity contribution >= 4 is 23.2 Å². The quantitative estimate of drug-likeness (QED) is 0.395. The topological polar surface area (TPSA) is 123 Å². The summed E-state index contributed by atoms with van der Waals surface area (Å²) in [6.07, 6.45) is 5.77. The van der Waals surface area contributed by atoms with Crippen LogP contribution in [0, 0.1) is 5.41 Å². The largest absolute Gasteiger partial charge is 0.481 e. The number of carboxylic acids is 1. The number of carbonyl (C=O) groups excluding carboxylic acids is 1. The molecule has 4 aromatic rings. The molecule has 0 spiro atoms. The van der Waals surface area contributed by atoms with E-state index < -0.39 is 11.4 Å². The molecule has 8 nitrogen and oxygen atoms in total. The molecule has 0 atom stereocenters. The van der Waals surface area contributed by atoms with E-state index in [0.29, 0.717) is 42.6 Å². The van der Waals surface area contributed by atoms with Gasteiger partial charge in [0.2, 0.25) is 0 Å². The van der Waals surface area contributed by atoms with Crippen LogP contribution < -0.4 is 5.73 Å². The smallest absolute Gasteiger partial charge is 0.309 e. The second-order valence-electron chi connectivity index (χ2n) is 9.55. The number of carbonyl (C=O) groups is 2. The fourth-order valence-electron chi connectivity index (χ4n) is 4.97. The number of nitrogens with zero attached hydrogens (tertiary/aromatic N) is 4. The van der Waals surface area contributed by atoms with Gasteiger partial charge in [-0.05, 0) is 45.6 Å². The molecule has 0 bridgehead atoms. The Labute approximate surface area is 202 Å². The molecular formula is C27H27N5O3. The SMILES string of the molecule is CC(=O)c1c(C2CCC(C)(C(=O)O)CC2)nc2c(-c3ccc(-c4ccccc4)nc3)cnn2c1N. The minimum absolute atomic E-state index is 0.0463. The Morgan fingerprint density at radius 3 is 2.37 bits per heavy atom. The Kier molecular flexibility index (Phi) is 5.59. The normalized spacial score (nSPS) is 20.1. The minimum Gasteiger partial charge on any atom is -0.481 e. The summed E-state index contributed by atoms with van der Waals surface area (Å²) >= 11 is 0. The second-order valence-corrected chi connectivity index (χ2v) is 9.55. The molecule has 1 aromatic carbocycles. The summed E-state index contributed by atoms with van der Waals surface area (Å²) in [7, 11) is 0. The number of hydrogen-bond donors (Lipinski definition) is 2. The number of fused-ring (bicyclic) bond motifs is 1. The maximum absolute atomic E-state index is 12.6. The van der Waals surface area contributed by atoms with Crippen molar-refractivity contribution in [3.8, 4) is 22.4 Å². The van der Waals surface area contributed by atoms with Crippen LogP contribution >= 0.6 is 0 Å². The van der Waals surface area contributed by atoms with Gasteiger partial charge in [-0.25, -0.2) is 4.98 Å². The van der Waals surface area contributed by atoms with Gasteiger partial charge in [-0.15, -0.1) is 0 Å². The van der Waals surface area contributed by atoms with Gasteiger partial charge >= 0.3 is 5.97 Å². The molecule has 0 unspecified atom stereocenters. The molecule has 1 fully saturated rings. The Morgan fingerprint density at radius 1 is 1.06 bits per heavy atom. The first kappa shape index (κ1) is 22.7. The summed E-state index contributed by atoms with van der Waals surface area (Å²) < 4.78 is 1.50. The van der Waals surface area contributed by atoms with Gasteiger partial charge in [0.1, 0.15) is 5.82 Å². The van der Waals surface area contributed by atoms with E-state index in [1.54, 1.807) is 19.3 Å². The van der Waals surface area contributed by atoms with Crippen LogP contribution in [0.2, 0.25) is 0 Å². The van der Waals surface area contributed by atoms with Crippen LogP contribution in [0.3, 0.4) is 0 Å². The van der Waals surface area contributed by atoms with E-state index in [-0.39, 0.29) is 17.5 Å². The monoisotopic (exact) mass is 469 g/mol. The van der Waals surface area contributed by atoms with Gasteiger partial charge in [0, 0.05) is 28.8 Å². The number of pyridine rings is 1. The summed E-state index contributed by atoms with van der Waals surface area (Å²) in [5, 5.41) is 14.0. The number of aromatic nitrogens is 4. The molecule has 1 aliphatic rings. The lowest BCUT2D eigenvalue weighted by Crippen LogP contribution is -2.32. The van der Waals surface area contributed by atoms with Crippen molar-refractivity contribution in [3.05, 3.63) is 66.1 Å². The van der Waals surface area contributed by atoms with Gasteiger partial charge in [-0.2, -0.15) is 9.61 Å². The number of nitrogens with two attached hydrogens (primary N) is 1. The first-order valence-corrected chi connectivity index (χ1v) is 11.7. The van der Waals surface area contributed by atoms with Crippen molar-refractivity contribution in [2.45, 2.75) is 45.4 Å². The van der Waals surface area contributed by atoms with Gasteiger partial charge in [0.05, 0.1) is 28.6 Å². The number of anilines is 1. The molecule has 178 valence electrons. The summed E-state index contributed by atoms with van der Waals surface area (Å²) in [5.41, 5.74) is 10.8. The zero-order valence-electron chi connectivity index (χ0n) is 19.7. The van der Waals surface area contributed by atoms with Crippen molar-refractivity contribution < 1.29 is 14.7 Å². The van der Waals surface area contributed by atoms with Crippen LogP contribution in [0.5, 0.6) is 0 Å². The van der Waals surface area contributed by atoms with E-state index in [1.807, 2.05) is 42.5 Å². The van der Waals surface area contributed by atoms with Crippen LogP contribution in [0.1, 0.15) is 61.5 Å². The molecule has 35 heavy (non-hydrogen) atoms. The van der Waals surface area contributed by atoms with Gasteiger partial charge in [0.15, 0.2) is 11.4 Å². The average Bonchev–Trinajstić information content (AvgIpc) is 3.29. The van der Waals surface area contributed by atoms with Crippen molar-refractivity contribution in [1.29, 1.82) is 0 Å². The number of aliphatic carboxylic acids is 1. The first-order chi connectivity index (χ1) is 16.8. The van der Waals surface area contributed by atoms with Gasteiger partial charge < -0.3 is 10.8 Å². The molecule has 3 N–H and O–H groups in total. The van der Waals surface area contributed by atoms with Gasteiger partial charge in [0.25, 0.3) is 0 Å². The summed E-state index contributed by atoms with van der Waals surface area (Å²) in [6, 6.07) is 13.9. The van der Waals surface area contributed by atoms with Gasteiger partial charge in [-0.3, -0.25) is 14.6 Å². The van der Waals surface area contributed by atoms with E-state index in [1.165, 1.54) is 11.4 Å². The molecule has 1 aliphatic carbocycles. The Hall–Kier alpha value is -4.07. The van der Waals surface area contributed by atoms with E-state index in [2.05, 4.69) is 10.1 Å². The highest BCUT2D eigenvalue weighted by atomic mass is 16.4. The van der Waals surface area contributed by atoms with Crippen LogP contribution in [-0.4, -0.2) is 36.4 Å². The van der Waals surface area contributed by atoms with Crippen LogP contribution in [0.15, 0.2) is 54.9 Å². The maximum Gasteiger partial charge on any atom is 0.309 e. The van der Waals surface area contributed by atoms with Crippen molar-refractivity contribution in [2.24, 2.45) is 5.41 Å². The third-order valence-electron chi connectivity index (χ3n) is 7.20. The third kappa shape index (κ3) is 3.95. The number of benzene rings is 1. The molecular weight excluding hydrogens is 442 g/mol. The van der Waals surface area contributed by atoms with Crippen LogP contribution in [-0.2, 0) is 4.79 Å². The molecule has 1 saturated carbocycles. The Bertz CT molecular complexity index is 1420. The summed E-state index contributed by atoms with van der Waals surface area (Å²) in [6.45, 7) is 3.26. The number of carboxylic acid groups (broad SMARTS) is 1. The highest BCUT2D eigenvalue weighted by Gasteiger charge is 2.39. The fourth-order valence-corrected chi connectivity index (χ4v) is 4.97. The lowest BCUT2D eigenvalue weighted by atomic mass is 9.70. The molecule has 3 aromatic heterocycles. The maximum atomic E-state index is 12.6. The summed E-state index contributed by atoms with van der Waals surface area (Å²) in [5.74, 6) is -0.751. The third-order valence-corrected chi connectivity index (χ3v) is 7.20. The van der Waals surface area contributed by atoms with Crippen LogP contribution in [0.25, 0.3) is 28.0 Å². The molecule has 3 heterocycles. The first-order valence-electron chi connectivity index (χ1n) is 11.7. The molecule has 0 aliphatic heterocycles. The zero-order valence-corrected chi connectivity index (χ0v) is 19.7. The highest BCUT2D eigenvalue weighted by molar-refractivity contribution is 6.00. The molecule has 0 amide bonds. The Morgan fingerprint density at radius 2 is 1.77 bits per heavy atom. The Balaban J connectivity index is 1.56. The molecule has 0 radical (unpaired) electrons. The number of ketones is 1. The lowest BCUT2D eigenvalue weighted by Gasteiger charge is -2.34. The molecule has 0 saturated heterocycles. The second kappa shape index (κ2) is 8.61. The molecule has 5 rings (SSSR count).